The zero-order chi connectivity index (χ0) is 10.6. The smallest absolute Gasteiger partial charge is 0.156 e. The Hall–Kier alpha value is -0.810. The zero-order valence-corrected chi connectivity index (χ0v) is 9.30. The van der Waals surface area contributed by atoms with Crippen molar-refractivity contribution in [2.24, 2.45) is 0 Å². The summed E-state index contributed by atoms with van der Waals surface area (Å²) in [5.41, 5.74) is 5.84. The molecule has 0 aliphatic rings. The Morgan fingerprint density at radius 2 is 2.14 bits per heavy atom. The average molecular weight is 264 g/mol. The SMILES string of the molecule is COCCOc1c(N)cc(F)cc1Br. The van der Waals surface area contributed by atoms with Gasteiger partial charge in [0.25, 0.3) is 0 Å². The number of ether oxygens (including phenoxy) is 2. The minimum atomic E-state index is -0.395. The predicted molar refractivity (Wildman–Crippen MR) is 55.9 cm³/mol. The van der Waals surface area contributed by atoms with Gasteiger partial charge in [-0.25, -0.2) is 4.39 Å². The van der Waals surface area contributed by atoms with Gasteiger partial charge in [0, 0.05) is 13.2 Å². The third-order valence-electron chi connectivity index (χ3n) is 1.57. The molecule has 0 aromatic heterocycles. The zero-order valence-electron chi connectivity index (χ0n) is 7.72. The maximum atomic E-state index is 12.8. The van der Waals surface area contributed by atoms with Crippen molar-refractivity contribution >= 4 is 21.6 Å². The second-order valence-electron chi connectivity index (χ2n) is 2.65. The first kappa shape index (κ1) is 11.3. The van der Waals surface area contributed by atoms with Crippen LogP contribution in [-0.4, -0.2) is 20.3 Å². The number of methoxy groups -OCH3 is 1. The van der Waals surface area contributed by atoms with E-state index >= 15 is 0 Å². The van der Waals surface area contributed by atoms with Crippen LogP contribution in [0.3, 0.4) is 0 Å². The molecule has 0 atom stereocenters. The summed E-state index contributed by atoms with van der Waals surface area (Å²) in [6, 6.07) is 2.52. The van der Waals surface area contributed by atoms with Crippen LogP contribution in [0.5, 0.6) is 5.75 Å². The molecule has 5 heteroatoms. The highest BCUT2D eigenvalue weighted by Crippen LogP contribution is 2.32. The van der Waals surface area contributed by atoms with Gasteiger partial charge >= 0.3 is 0 Å². The van der Waals surface area contributed by atoms with Gasteiger partial charge in [0.1, 0.15) is 12.4 Å². The van der Waals surface area contributed by atoms with E-state index in [1.165, 1.54) is 12.1 Å². The van der Waals surface area contributed by atoms with Gasteiger partial charge in [0.2, 0.25) is 0 Å². The molecule has 3 nitrogen and oxygen atoms in total. The van der Waals surface area contributed by atoms with Crippen LogP contribution in [0.2, 0.25) is 0 Å². The molecule has 0 saturated carbocycles. The van der Waals surface area contributed by atoms with E-state index in [1.54, 1.807) is 7.11 Å². The standard InChI is InChI=1S/C9H11BrFNO2/c1-13-2-3-14-9-7(10)4-6(11)5-8(9)12/h4-5H,2-3,12H2,1H3. The average Bonchev–Trinajstić information content (AvgIpc) is 2.09. The van der Waals surface area contributed by atoms with Crippen LogP contribution in [0.1, 0.15) is 0 Å². The molecule has 2 N–H and O–H groups in total. The Labute approximate surface area is 90.1 Å². The Balaban J connectivity index is 2.75. The van der Waals surface area contributed by atoms with Crippen LogP contribution < -0.4 is 10.5 Å². The van der Waals surface area contributed by atoms with Gasteiger partial charge < -0.3 is 15.2 Å². The third kappa shape index (κ3) is 2.85. The number of hydrogen-bond acceptors (Lipinski definition) is 3. The number of anilines is 1. The van der Waals surface area contributed by atoms with Crippen molar-refractivity contribution < 1.29 is 13.9 Å². The summed E-state index contributed by atoms with van der Waals surface area (Å²) in [4.78, 5) is 0. The van der Waals surface area contributed by atoms with Gasteiger partial charge in [-0.2, -0.15) is 0 Å². The van der Waals surface area contributed by atoms with Crippen molar-refractivity contribution in [2.75, 3.05) is 26.1 Å². The van der Waals surface area contributed by atoms with E-state index in [4.69, 9.17) is 15.2 Å². The highest BCUT2D eigenvalue weighted by atomic mass is 79.9. The molecule has 78 valence electrons. The van der Waals surface area contributed by atoms with E-state index in [1.807, 2.05) is 0 Å². The van der Waals surface area contributed by atoms with Crippen LogP contribution in [0.4, 0.5) is 10.1 Å². The van der Waals surface area contributed by atoms with Crippen LogP contribution >= 0.6 is 15.9 Å². The van der Waals surface area contributed by atoms with E-state index in [2.05, 4.69) is 15.9 Å². The van der Waals surface area contributed by atoms with Gasteiger partial charge in [-0.05, 0) is 22.0 Å². The maximum absolute atomic E-state index is 12.8. The molecule has 0 spiro atoms. The molecule has 14 heavy (non-hydrogen) atoms. The summed E-state index contributed by atoms with van der Waals surface area (Å²) < 4.78 is 23.4. The van der Waals surface area contributed by atoms with Crippen molar-refractivity contribution in [3.8, 4) is 5.75 Å². The molecule has 0 fully saturated rings. The van der Waals surface area contributed by atoms with Crippen LogP contribution in [-0.2, 0) is 4.74 Å². The number of rotatable bonds is 4. The van der Waals surface area contributed by atoms with Crippen LogP contribution in [0.25, 0.3) is 0 Å². The molecule has 0 aliphatic carbocycles. The Kier molecular flexibility index (Phi) is 4.16. The fraction of sp³-hybridized carbons (Fsp3) is 0.333. The lowest BCUT2D eigenvalue weighted by atomic mass is 10.3. The molecule has 0 saturated heterocycles. The third-order valence-corrected chi connectivity index (χ3v) is 2.16. The van der Waals surface area contributed by atoms with Gasteiger partial charge in [-0.3, -0.25) is 0 Å². The van der Waals surface area contributed by atoms with Gasteiger partial charge in [0.05, 0.1) is 16.8 Å². The largest absolute Gasteiger partial charge is 0.488 e. The second kappa shape index (κ2) is 5.17. The van der Waals surface area contributed by atoms with Crippen molar-refractivity contribution in [1.82, 2.24) is 0 Å². The van der Waals surface area contributed by atoms with Crippen molar-refractivity contribution in [2.45, 2.75) is 0 Å². The molecule has 0 bridgehead atoms. The summed E-state index contributed by atoms with van der Waals surface area (Å²) in [6.07, 6.45) is 0. The van der Waals surface area contributed by atoms with E-state index in [-0.39, 0.29) is 5.69 Å². The Bertz CT molecular complexity index is 297. The van der Waals surface area contributed by atoms with Crippen molar-refractivity contribution in [3.05, 3.63) is 22.4 Å². The first-order chi connectivity index (χ1) is 6.65. The normalized spacial score (nSPS) is 10.2. The van der Waals surface area contributed by atoms with E-state index in [9.17, 15) is 4.39 Å². The van der Waals surface area contributed by atoms with Crippen molar-refractivity contribution in [3.63, 3.8) is 0 Å². The topological polar surface area (TPSA) is 44.5 Å². The lowest BCUT2D eigenvalue weighted by molar-refractivity contribution is 0.146. The predicted octanol–water partition coefficient (Wildman–Crippen LogP) is 2.20. The molecule has 0 unspecified atom stereocenters. The molecule has 1 rings (SSSR count). The molecule has 1 aromatic rings. The molecule has 0 radical (unpaired) electrons. The number of benzene rings is 1. The Morgan fingerprint density at radius 3 is 2.71 bits per heavy atom. The molecule has 1 aromatic carbocycles. The molecular weight excluding hydrogens is 253 g/mol. The number of nitrogens with two attached hydrogens (primary N) is 1. The summed E-state index contributed by atoms with van der Waals surface area (Å²) in [6.45, 7) is 0.841. The summed E-state index contributed by atoms with van der Waals surface area (Å²) >= 11 is 3.16. The summed E-state index contributed by atoms with van der Waals surface area (Å²) in [7, 11) is 1.58. The van der Waals surface area contributed by atoms with Crippen LogP contribution in [0.15, 0.2) is 16.6 Å². The van der Waals surface area contributed by atoms with Gasteiger partial charge in [-0.1, -0.05) is 0 Å². The minimum absolute atomic E-state index is 0.271. The Morgan fingerprint density at radius 1 is 1.43 bits per heavy atom. The summed E-state index contributed by atoms with van der Waals surface area (Å²) in [5, 5.41) is 0. The number of halogens is 2. The minimum Gasteiger partial charge on any atom is -0.488 e. The molecule has 0 heterocycles. The molecular formula is C9H11BrFNO2. The van der Waals surface area contributed by atoms with Crippen molar-refractivity contribution in [1.29, 1.82) is 0 Å². The van der Waals surface area contributed by atoms with E-state index < -0.39 is 5.82 Å². The highest BCUT2D eigenvalue weighted by Gasteiger charge is 2.07. The monoisotopic (exact) mass is 263 g/mol. The van der Waals surface area contributed by atoms with E-state index in [0.717, 1.165) is 0 Å². The first-order valence-corrected chi connectivity index (χ1v) is 4.80. The number of nitrogen functional groups attached to an aromatic ring is 1. The maximum Gasteiger partial charge on any atom is 0.156 e. The van der Waals surface area contributed by atoms with Gasteiger partial charge in [-0.15, -0.1) is 0 Å². The number of hydrogen-bond donors (Lipinski definition) is 1. The van der Waals surface area contributed by atoms with Gasteiger partial charge in [0.15, 0.2) is 5.75 Å². The first-order valence-electron chi connectivity index (χ1n) is 4.01. The molecule has 0 amide bonds. The summed E-state index contributed by atoms with van der Waals surface area (Å²) in [5.74, 6) is 0.0527. The fourth-order valence-corrected chi connectivity index (χ4v) is 1.52. The second-order valence-corrected chi connectivity index (χ2v) is 3.50. The highest BCUT2D eigenvalue weighted by molar-refractivity contribution is 9.10. The fourth-order valence-electron chi connectivity index (χ4n) is 0.960. The lowest BCUT2D eigenvalue weighted by Gasteiger charge is -2.10. The molecule has 0 aliphatic heterocycles. The van der Waals surface area contributed by atoms with E-state index in [0.29, 0.717) is 23.4 Å². The quantitative estimate of drug-likeness (QED) is 0.669. The van der Waals surface area contributed by atoms with Crippen LogP contribution in [0, 0.1) is 5.82 Å². The lowest BCUT2D eigenvalue weighted by Crippen LogP contribution is -2.06.